The molecule has 4 N–H and O–H groups in total. The molecule has 0 aliphatic rings. The molecule has 0 aliphatic heterocycles. The lowest BCUT2D eigenvalue weighted by atomic mass is 10.3. The number of nitrogen functional groups attached to an aromatic ring is 1. The molecular formula is C6H6F2N4O4S. The number of anilines is 1. The lowest BCUT2D eigenvalue weighted by Gasteiger charge is -2.07. The highest BCUT2D eigenvalue weighted by molar-refractivity contribution is 7.89. The number of aromatic nitrogens is 1. The van der Waals surface area contributed by atoms with E-state index in [1.54, 1.807) is 0 Å². The molecule has 0 amide bonds. The van der Waals surface area contributed by atoms with Crippen LogP contribution in [0, 0.1) is 10.1 Å². The quantitative estimate of drug-likeness (QED) is 0.590. The van der Waals surface area contributed by atoms with Crippen molar-refractivity contribution < 1.29 is 22.1 Å². The Hall–Kier alpha value is -1.88. The second-order valence-corrected chi connectivity index (χ2v) is 4.38. The lowest BCUT2D eigenvalue weighted by Crippen LogP contribution is -2.18. The van der Waals surface area contributed by atoms with Crippen molar-refractivity contribution in [2.45, 2.75) is 11.3 Å². The number of alkyl halides is 2. The molecule has 1 rings (SSSR count). The largest absolute Gasteiger partial charge is 0.383 e. The number of nitrogens with zero attached hydrogens (tertiary/aromatic N) is 2. The predicted octanol–water partition coefficient (Wildman–Crippen LogP) is 0.157. The third-order valence-corrected chi connectivity index (χ3v) is 2.67. The Labute approximate surface area is 93.4 Å². The molecule has 0 atom stereocenters. The average Bonchev–Trinajstić information content (AvgIpc) is 2.14. The molecule has 8 nitrogen and oxygen atoms in total. The topological polar surface area (TPSA) is 142 Å². The molecule has 0 aromatic carbocycles. The van der Waals surface area contributed by atoms with Gasteiger partial charge in [-0.15, -0.1) is 0 Å². The summed E-state index contributed by atoms with van der Waals surface area (Å²) in [7, 11) is -4.71. The fourth-order valence-electron chi connectivity index (χ4n) is 1.13. The first-order valence-electron chi connectivity index (χ1n) is 3.90. The summed E-state index contributed by atoms with van der Waals surface area (Å²) in [5.74, 6) is -0.598. The van der Waals surface area contributed by atoms with Gasteiger partial charge in [0.2, 0.25) is 10.0 Å². The summed E-state index contributed by atoms with van der Waals surface area (Å²) in [6.07, 6.45) is -3.36. The molecule has 0 unspecified atom stereocenters. The van der Waals surface area contributed by atoms with Crippen LogP contribution in [0.15, 0.2) is 11.0 Å². The van der Waals surface area contributed by atoms with Crippen LogP contribution >= 0.6 is 0 Å². The van der Waals surface area contributed by atoms with Crippen LogP contribution in [0.1, 0.15) is 12.1 Å². The van der Waals surface area contributed by atoms with Crippen LogP contribution in [-0.4, -0.2) is 18.3 Å². The molecule has 0 spiro atoms. The van der Waals surface area contributed by atoms with E-state index in [9.17, 15) is 27.3 Å². The van der Waals surface area contributed by atoms with E-state index in [1.807, 2.05) is 0 Å². The average molecular weight is 268 g/mol. The maximum Gasteiger partial charge on any atom is 0.295 e. The highest BCUT2D eigenvalue weighted by Gasteiger charge is 2.32. The second-order valence-electron chi connectivity index (χ2n) is 2.88. The van der Waals surface area contributed by atoms with E-state index in [-0.39, 0.29) is 0 Å². The van der Waals surface area contributed by atoms with Crippen molar-refractivity contribution >= 4 is 21.5 Å². The number of nitrogens with two attached hydrogens (primary N) is 2. The monoisotopic (exact) mass is 268 g/mol. The zero-order valence-electron chi connectivity index (χ0n) is 8.00. The normalized spacial score (nSPS) is 11.8. The van der Waals surface area contributed by atoms with Crippen molar-refractivity contribution in [1.82, 2.24) is 4.98 Å². The number of pyridine rings is 1. The van der Waals surface area contributed by atoms with Gasteiger partial charge in [0.1, 0.15) is 11.5 Å². The number of hydrogen-bond acceptors (Lipinski definition) is 6. The summed E-state index contributed by atoms with van der Waals surface area (Å²) >= 11 is 0. The lowest BCUT2D eigenvalue weighted by molar-refractivity contribution is -0.388. The number of nitro groups is 1. The van der Waals surface area contributed by atoms with E-state index in [2.05, 4.69) is 10.1 Å². The maximum atomic E-state index is 12.5. The van der Waals surface area contributed by atoms with Crippen molar-refractivity contribution in [3.05, 3.63) is 21.9 Å². The molecule has 11 heteroatoms. The van der Waals surface area contributed by atoms with Crippen LogP contribution in [0.25, 0.3) is 0 Å². The van der Waals surface area contributed by atoms with Crippen LogP contribution in [0.5, 0.6) is 0 Å². The molecule has 17 heavy (non-hydrogen) atoms. The van der Waals surface area contributed by atoms with Crippen LogP contribution in [0.3, 0.4) is 0 Å². The van der Waals surface area contributed by atoms with Crippen molar-refractivity contribution in [2.75, 3.05) is 5.73 Å². The number of primary sulfonamides is 1. The van der Waals surface area contributed by atoms with Gasteiger partial charge in [-0.25, -0.2) is 27.3 Å². The number of halogens is 2. The highest BCUT2D eigenvalue weighted by Crippen LogP contribution is 2.32. The number of hydrogen-bond donors (Lipinski definition) is 2. The SMILES string of the molecule is Nc1cc([N+](=O)[O-])c(S(N)(=O)=O)c(C(F)F)n1. The van der Waals surface area contributed by atoms with Gasteiger partial charge in [-0.3, -0.25) is 10.1 Å². The third-order valence-electron chi connectivity index (χ3n) is 1.69. The van der Waals surface area contributed by atoms with E-state index in [0.29, 0.717) is 6.07 Å². The first-order chi connectivity index (χ1) is 7.64. The van der Waals surface area contributed by atoms with Gasteiger partial charge in [0.15, 0.2) is 4.90 Å². The Kier molecular flexibility index (Phi) is 3.24. The molecule has 1 heterocycles. The van der Waals surface area contributed by atoms with Gasteiger partial charge in [0.05, 0.1) is 11.0 Å². The van der Waals surface area contributed by atoms with E-state index in [1.165, 1.54) is 0 Å². The van der Waals surface area contributed by atoms with Gasteiger partial charge in [-0.2, -0.15) is 0 Å². The smallest absolute Gasteiger partial charge is 0.295 e. The van der Waals surface area contributed by atoms with E-state index in [0.717, 1.165) is 0 Å². The maximum absolute atomic E-state index is 12.5. The highest BCUT2D eigenvalue weighted by atomic mass is 32.2. The van der Waals surface area contributed by atoms with Gasteiger partial charge >= 0.3 is 0 Å². The van der Waals surface area contributed by atoms with E-state index >= 15 is 0 Å². The minimum absolute atomic E-state index is 0.547. The minimum Gasteiger partial charge on any atom is -0.383 e. The van der Waals surface area contributed by atoms with Crippen LogP contribution < -0.4 is 10.9 Å². The number of sulfonamides is 1. The summed E-state index contributed by atoms with van der Waals surface area (Å²) < 4.78 is 47.1. The standard InChI is InChI=1S/C6H6F2N4O4S/c7-6(8)4-5(17(10,15)16)2(12(13)14)1-3(9)11-4/h1,6H,(H2,9,11)(H2,10,15,16). The Morgan fingerprint density at radius 2 is 2.00 bits per heavy atom. The molecule has 1 aromatic heterocycles. The Morgan fingerprint density at radius 3 is 2.35 bits per heavy atom. The zero-order chi connectivity index (χ0) is 13.4. The number of rotatable bonds is 3. The molecule has 1 aromatic rings. The van der Waals surface area contributed by atoms with E-state index < -0.39 is 43.5 Å². The fourth-order valence-corrected chi connectivity index (χ4v) is 1.99. The molecular weight excluding hydrogens is 262 g/mol. The molecule has 0 bridgehead atoms. The molecule has 0 fully saturated rings. The molecule has 0 radical (unpaired) electrons. The van der Waals surface area contributed by atoms with Crippen LogP contribution in [0.2, 0.25) is 0 Å². The van der Waals surface area contributed by atoms with Gasteiger partial charge < -0.3 is 5.73 Å². The summed E-state index contributed by atoms with van der Waals surface area (Å²) in [5, 5.41) is 15.2. The Balaban J connectivity index is 3.79. The van der Waals surface area contributed by atoms with Gasteiger partial charge in [-0.05, 0) is 0 Å². The van der Waals surface area contributed by atoms with Crippen LogP contribution in [0.4, 0.5) is 20.3 Å². The van der Waals surface area contributed by atoms with Gasteiger partial charge in [-0.1, -0.05) is 0 Å². The Morgan fingerprint density at radius 1 is 1.47 bits per heavy atom. The van der Waals surface area contributed by atoms with Gasteiger partial charge in [0, 0.05) is 0 Å². The van der Waals surface area contributed by atoms with Crippen LogP contribution in [-0.2, 0) is 10.0 Å². The van der Waals surface area contributed by atoms with E-state index in [4.69, 9.17) is 5.73 Å². The van der Waals surface area contributed by atoms with Crippen molar-refractivity contribution in [3.63, 3.8) is 0 Å². The molecule has 0 saturated heterocycles. The molecule has 0 saturated carbocycles. The van der Waals surface area contributed by atoms with Crippen molar-refractivity contribution in [2.24, 2.45) is 5.14 Å². The minimum atomic E-state index is -4.71. The first kappa shape index (κ1) is 13.2. The molecule has 94 valence electrons. The zero-order valence-corrected chi connectivity index (χ0v) is 8.82. The van der Waals surface area contributed by atoms with Crippen molar-refractivity contribution in [3.8, 4) is 0 Å². The predicted molar refractivity (Wildman–Crippen MR) is 51.6 cm³/mol. The van der Waals surface area contributed by atoms with Gasteiger partial charge in [0.25, 0.3) is 12.1 Å². The summed E-state index contributed by atoms with van der Waals surface area (Å²) in [6.45, 7) is 0. The molecule has 0 aliphatic carbocycles. The third kappa shape index (κ3) is 2.62. The Bertz CT molecular complexity index is 574. The fraction of sp³-hybridized carbons (Fsp3) is 0.167. The second kappa shape index (κ2) is 4.18. The summed E-state index contributed by atoms with van der Waals surface area (Å²) in [4.78, 5) is 11.1. The van der Waals surface area contributed by atoms with Crippen molar-refractivity contribution in [1.29, 1.82) is 0 Å². The first-order valence-corrected chi connectivity index (χ1v) is 5.45. The summed E-state index contributed by atoms with van der Waals surface area (Å²) in [6, 6.07) is 0.547. The summed E-state index contributed by atoms with van der Waals surface area (Å²) in [5.41, 5.74) is 2.60.